The predicted molar refractivity (Wildman–Crippen MR) is 98.9 cm³/mol. The highest BCUT2D eigenvalue weighted by atomic mass is 16.2. The fraction of sp³-hybridized carbons (Fsp3) is 0.211. The van der Waals surface area contributed by atoms with Crippen LogP contribution in [0.25, 0.3) is 0 Å². The maximum absolute atomic E-state index is 12.1. The Morgan fingerprint density at radius 1 is 0.923 bits per heavy atom. The quantitative estimate of drug-likeness (QED) is 0.653. The van der Waals surface area contributed by atoms with Gasteiger partial charge < -0.3 is 21.3 Å². The van der Waals surface area contributed by atoms with Crippen LogP contribution in [-0.4, -0.2) is 36.9 Å². The minimum atomic E-state index is -0.506. The zero-order valence-electron chi connectivity index (χ0n) is 14.1. The SMILES string of the molecule is O=C(CC1NCCNC1=O)Nc1ccc(NC(=O)c2ccccc2)cc1. The van der Waals surface area contributed by atoms with Gasteiger partial charge in [0.25, 0.3) is 5.91 Å². The van der Waals surface area contributed by atoms with E-state index in [4.69, 9.17) is 0 Å². The molecular weight excluding hydrogens is 332 g/mol. The lowest BCUT2D eigenvalue weighted by Crippen LogP contribution is -2.53. The van der Waals surface area contributed by atoms with Crippen molar-refractivity contribution in [3.63, 3.8) is 0 Å². The monoisotopic (exact) mass is 352 g/mol. The molecule has 0 radical (unpaired) electrons. The van der Waals surface area contributed by atoms with Gasteiger partial charge in [-0.15, -0.1) is 0 Å². The summed E-state index contributed by atoms with van der Waals surface area (Å²) in [6, 6.07) is 15.2. The molecule has 1 unspecified atom stereocenters. The molecule has 1 fully saturated rings. The standard InChI is InChI=1S/C19H20N4O3/c24-17(12-16-19(26)21-11-10-20-16)22-14-6-8-15(9-7-14)23-18(25)13-4-2-1-3-5-13/h1-9,16,20H,10-12H2,(H,21,26)(H,22,24)(H,23,25). The van der Waals surface area contributed by atoms with Crippen molar-refractivity contribution in [3.05, 3.63) is 60.2 Å². The van der Waals surface area contributed by atoms with E-state index in [9.17, 15) is 14.4 Å². The molecule has 1 saturated heterocycles. The predicted octanol–water partition coefficient (Wildman–Crippen LogP) is 1.36. The first-order valence-electron chi connectivity index (χ1n) is 8.39. The highest BCUT2D eigenvalue weighted by molar-refractivity contribution is 6.04. The first-order valence-corrected chi connectivity index (χ1v) is 8.39. The number of benzene rings is 2. The molecule has 7 nitrogen and oxygen atoms in total. The second-order valence-corrected chi connectivity index (χ2v) is 5.95. The molecule has 0 aromatic heterocycles. The summed E-state index contributed by atoms with van der Waals surface area (Å²) in [5.74, 6) is -0.609. The van der Waals surface area contributed by atoms with Crippen LogP contribution < -0.4 is 21.3 Å². The Bertz CT molecular complexity index is 790. The van der Waals surface area contributed by atoms with E-state index in [0.29, 0.717) is 30.0 Å². The van der Waals surface area contributed by atoms with Gasteiger partial charge in [0.15, 0.2) is 0 Å². The Morgan fingerprint density at radius 2 is 1.58 bits per heavy atom. The first-order chi connectivity index (χ1) is 12.6. The summed E-state index contributed by atoms with van der Waals surface area (Å²) in [5.41, 5.74) is 1.80. The van der Waals surface area contributed by atoms with Gasteiger partial charge >= 0.3 is 0 Å². The van der Waals surface area contributed by atoms with E-state index in [1.165, 1.54) is 0 Å². The van der Waals surface area contributed by atoms with Crippen molar-refractivity contribution in [2.45, 2.75) is 12.5 Å². The largest absolute Gasteiger partial charge is 0.353 e. The van der Waals surface area contributed by atoms with Crippen LogP contribution in [0.2, 0.25) is 0 Å². The number of piperazine rings is 1. The molecule has 26 heavy (non-hydrogen) atoms. The average Bonchev–Trinajstić information content (AvgIpc) is 2.66. The molecule has 7 heteroatoms. The van der Waals surface area contributed by atoms with Gasteiger partial charge in [0.2, 0.25) is 11.8 Å². The molecular formula is C19H20N4O3. The van der Waals surface area contributed by atoms with E-state index < -0.39 is 6.04 Å². The number of carbonyl (C=O) groups excluding carboxylic acids is 3. The summed E-state index contributed by atoms with van der Waals surface area (Å²) in [4.78, 5) is 35.8. The second-order valence-electron chi connectivity index (χ2n) is 5.95. The molecule has 2 aromatic rings. The van der Waals surface area contributed by atoms with Crippen molar-refractivity contribution >= 4 is 29.1 Å². The minimum absolute atomic E-state index is 0.0678. The third-order valence-corrected chi connectivity index (χ3v) is 3.98. The van der Waals surface area contributed by atoms with Gasteiger partial charge in [-0.05, 0) is 36.4 Å². The van der Waals surface area contributed by atoms with Crippen LogP contribution in [0.3, 0.4) is 0 Å². The molecule has 1 heterocycles. The molecule has 2 aromatic carbocycles. The van der Waals surface area contributed by atoms with Crippen molar-refractivity contribution in [1.82, 2.24) is 10.6 Å². The van der Waals surface area contributed by atoms with E-state index in [1.54, 1.807) is 48.5 Å². The molecule has 0 spiro atoms. The number of hydrogen-bond donors (Lipinski definition) is 4. The molecule has 134 valence electrons. The number of carbonyl (C=O) groups is 3. The van der Waals surface area contributed by atoms with E-state index in [0.717, 1.165) is 0 Å². The Hall–Kier alpha value is -3.19. The van der Waals surface area contributed by atoms with Gasteiger partial charge in [0.1, 0.15) is 0 Å². The van der Waals surface area contributed by atoms with Crippen molar-refractivity contribution in [2.75, 3.05) is 23.7 Å². The van der Waals surface area contributed by atoms with Gasteiger partial charge in [-0.2, -0.15) is 0 Å². The first kappa shape index (κ1) is 17.6. The van der Waals surface area contributed by atoms with E-state index in [2.05, 4.69) is 21.3 Å². The van der Waals surface area contributed by atoms with Crippen LogP contribution in [0.15, 0.2) is 54.6 Å². The van der Waals surface area contributed by atoms with Crippen LogP contribution >= 0.6 is 0 Å². The maximum Gasteiger partial charge on any atom is 0.255 e. The molecule has 0 aliphatic carbocycles. The topological polar surface area (TPSA) is 99.3 Å². The molecule has 1 aliphatic rings. The third-order valence-electron chi connectivity index (χ3n) is 3.98. The van der Waals surface area contributed by atoms with Gasteiger partial charge in [-0.1, -0.05) is 18.2 Å². The van der Waals surface area contributed by atoms with Crippen molar-refractivity contribution in [3.8, 4) is 0 Å². The number of hydrogen-bond acceptors (Lipinski definition) is 4. The Morgan fingerprint density at radius 3 is 2.23 bits per heavy atom. The van der Waals surface area contributed by atoms with E-state index in [-0.39, 0.29) is 24.1 Å². The smallest absolute Gasteiger partial charge is 0.255 e. The number of amides is 3. The number of anilines is 2. The maximum atomic E-state index is 12.1. The third kappa shape index (κ3) is 4.67. The Labute approximate surface area is 151 Å². The lowest BCUT2D eigenvalue weighted by Gasteiger charge is -2.22. The van der Waals surface area contributed by atoms with Crippen LogP contribution in [0.1, 0.15) is 16.8 Å². The summed E-state index contributed by atoms with van der Waals surface area (Å²) in [7, 11) is 0. The van der Waals surface area contributed by atoms with Crippen LogP contribution in [-0.2, 0) is 9.59 Å². The minimum Gasteiger partial charge on any atom is -0.353 e. The van der Waals surface area contributed by atoms with Gasteiger partial charge in [-0.3, -0.25) is 14.4 Å². The zero-order chi connectivity index (χ0) is 18.4. The van der Waals surface area contributed by atoms with Crippen LogP contribution in [0, 0.1) is 0 Å². The van der Waals surface area contributed by atoms with Crippen molar-refractivity contribution in [2.24, 2.45) is 0 Å². The van der Waals surface area contributed by atoms with Gasteiger partial charge in [0.05, 0.1) is 12.5 Å². The summed E-state index contributed by atoms with van der Waals surface area (Å²) < 4.78 is 0. The Balaban J connectivity index is 1.53. The fourth-order valence-corrected chi connectivity index (χ4v) is 2.64. The molecule has 1 aliphatic heterocycles. The zero-order valence-corrected chi connectivity index (χ0v) is 14.1. The summed E-state index contributed by atoms with van der Waals surface area (Å²) in [6.45, 7) is 1.23. The molecule has 4 N–H and O–H groups in total. The van der Waals surface area contributed by atoms with Gasteiger partial charge in [-0.25, -0.2) is 0 Å². The lowest BCUT2D eigenvalue weighted by molar-refractivity contribution is -0.127. The molecule has 3 rings (SSSR count). The van der Waals surface area contributed by atoms with Gasteiger partial charge in [0, 0.05) is 30.0 Å². The number of rotatable bonds is 5. The Kier molecular flexibility index (Phi) is 5.60. The van der Waals surface area contributed by atoms with Crippen LogP contribution in [0.5, 0.6) is 0 Å². The molecule has 3 amide bonds. The second kappa shape index (κ2) is 8.26. The van der Waals surface area contributed by atoms with E-state index in [1.807, 2.05) is 6.07 Å². The van der Waals surface area contributed by atoms with Crippen LogP contribution in [0.4, 0.5) is 11.4 Å². The highest BCUT2D eigenvalue weighted by Gasteiger charge is 2.23. The van der Waals surface area contributed by atoms with Crippen molar-refractivity contribution < 1.29 is 14.4 Å². The summed E-state index contributed by atoms with van der Waals surface area (Å²) in [6.07, 6.45) is 0.0678. The number of nitrogens with one attached hydrogen (secondary N) is 4. The molecule has 0 saturated carbocycles. The van der Waals surface area contributed by atoms with E-state index >= 15 is 0 Å². The van der Waals surface area contributed by atoms with Crippen molar-refractivity contribution in [1.29, 1.82) is 0 Å². The molecule has 0 bridgehead atoms. The normalized spacial score (nSPS) is 16.5. The average molecular weight is 352 g/mol. The summed E-state index contributed by atoms with van der Waals surface area (Å²) in [5, 5.41) is 11.3. The fourth-order valence-electron chi connectivity index (χ4n) is 2.64. The molecule has 1 atom stereocenters. The highest BCUT2D eigenvalue weighted by Crippen LogP contribution is 2.15. The summed E-state index contributed by atoms with van der Waals surface area (Å²) >= 11 is 0. The lowest BCUT2D eigenvalue weighted by atomic mass is 10.1.